The number of fused-ring (bicyclic) bond motifs is 1. The number of hydrogen-bond acceptors (Lipinski definition) is 2. The second-order valence-corrected chi connectivity index (χ2v) is 2.93. The van der Waals surface area contributed by atoms with Crippen LogP contribution in [-0.2, 0) is 0 Å². The standard InChI is InChI=1S/C7H10N2/c8-5-9-6-3-1-2-4-7(6)9/h6-7H,1-4H2/t6-,7+,9?. The summed E-state index contributed by atoms with van der Waals surface area (Å²) in [7, 11) is 0. The third-order valence-electron chi connectivity index (χ3n) is 2.43. The number of nitrogens with zero attached hydrogens (tertiary/aromatic N) is 2. The smallest absolute Gasteiger partial charge is 0.179 e. The Kier molecular flexibility index (Phi) is 0.926. The highest BCUT2D eigenvalue weighted by Gasteiger charge is 2.47. The molecule has 0 aromatic rings. The van der Waals surface area contributed by atoms with Crippen LogP contribution in [0.25, 0.3) is 0 Å². The predicted octanol–water partition coefficient (Wildman–Crippen LogP) is 1.09. The quantitative estimate of drug-likeness (QED) is 0.355. The molecule has 0 spiro atoms. The first-order valence-corrected chi connectivity index (χ1v) is 3.61. The summed E-state index contributed by atoms with van der Waals surface area (Å²) in [6.07, 6.45) is 7.40. The second-order valence-electron chi connectivity index (χ2n) is 2.93. The lowest BCUT2D eigenvalue weighted by molar-refractivity contribution is 0.571. The maximum absolute atomic E-state index is 8.51. The summed E-state index contributed by atoms with van der Waals surface area (Å²) in [5, 5.41) is 8.51. The molecule has 0 amide bonds. The average Bonchev–Trinajstić information content (AvgIpc) is 2.60. The fourth-order valence-corrected chi connectivity index (χ4v) is 1.85. The van der Waals surface area contributed by atoms with Gasteiger partial charge in [-0.25, -0.2) is 0 Å². The highest BCUT2D eigenvalue weighted by molar-refractivity contribution is 5.10. The molecule has 1 heterocycles. The molecular formula is C7H10N2. The summed E-state index contributed by atoms with van der Waals surface area (Å²) < 4.78 is 0. The largest absolute Gasteiger partial charge is 0.300 e. The van der Waals surface area contributed by atoms with Crippen LogP contribution in [0.5, 0.6) is 0 Å². The van der Waals surface area contributed by atoms with E-state index in [1.165, 1.54) is 25.7 Å². The van der Waals surface area contributed by atoms with Gasteiger partial charge in [-0.05, 0) is 12.8 Å². The monoisotopic (exact) mass is 122 g/mol. The molecule has 2 nitrogen and oxygen atoms in total. The molecule has 0 bridgehead atoms. The van der Waals surface area contributed by atoms with Gasteiger partial charge < -0.3 is 4.90 Å². The van der Waals surface area contributed by atoms with Gasteiger partial charge in [0, 0.05) is 0 Å². The van der Waals surface area contributed by atoms with Crippen LogP contribution in [0.3, 0.4) is 0 Å². The van der Waals surface area contributed by atoms with Gasteiger partial charge in [0.15, 0.2) is 6.19 Å². The highest BCUT2D eigenvalue weighted by Crippen LogP contribution is 2.39. The van der Waals surface area contributed by atoms with Crippen LogP contribution < -0.4 is 0 Å². The Labute approximate surface area is 55.1 Å². The molecule has 1 saturated heterocycles. The second kappa shape index (κ2) is 1.63. The first-order valence-electron chi connectivity index (χ1n) is 3.61. The summed E-state index contributed by atoms with van der Waals surface area (Å²) in [5.41, 5.74) is 0. The summed E-state index contributed by atoms with van der Waals surface area (Å²) in [6, 6.07) is 1.31. The molecule has 2 aliphatic rings. The molecule has 0 radical (unpaired) electrons. The highest BCUT2D eigenvalue weighted by atomic mass is 15.3. The van der Waals surface area contributed by atoms with Crippen molar-refractivity contribution in [2.24, 2.45) is 0 Å². The SMILES string of the molecule is N#CN1[C@@H]2CCCC[C@@H]21. The Bertz CT molecular complexity index is 147. The third-order valence-corrected chi connectivity index (χ3v) is 2.43. The summed E-state index contributed by atoms with van der Waals surface area (Å²) in [5.74, 6) is 0. The van der Waals surface area contributed by atoms with Crippen molar-refractivity contribution in [3.05, 3.63) is 0 Å². The van der Waals surface area contributed by atoms with E-state index in [0.717, 1.165) is 0 Å². The van der Waals surface area contributed by atoms with Crippen LogP contribution in [0.4, 0.5) is 0 Å². The minimum Gasteiger partial charge on any atom is -0.300 e. The molecule has 0 aromatic heterocycles. The van der Waals surface area contributed by atoms with Crippen molar-refractivity contribution < 1.29 is 0 Å². The number of rotatable bonds is 0. The lowest BCUT2D eigenvalue weighted by Crippen LogP contribution is -2.00. The van der Waals surface area contributed by atoms with E-state index >= 15 is 0 Å². The van der Waals surface area contributed by atoms with Crippen molar-refractivity contribution in [1.82, 2.24) is 4.90 Å². The summed E-state index contributed by atoms with van der Waals surface area (Å²) >= 11 is 0. The van der Waals surface area contributed by atoms with Crippen LogP contribution in [0, 0.1) is 11.5 Å². The van der Waals surface area contributed by atoms with Crippen molar-refractivity contribution in [2.75, 3.05) is 0 Å². The van der Waals surface area contributed by atoms with E-state index in [1.54, 1.807) is 0 Å². The fraction of sp³-hybridized carbons (Fsp3) is 0.857. The molecule has 0 N–H and O–H groups in total. The summed E-state index contributed by atoms with van der Waals surface area (Å²) in [4.78, 5) is 1.94. The molecule has 2 fully saturated rings. The minimum atomic E-state index is 0.656. The van der Waals surface area contributed by atoms with Gasteiger partial charge >= 0.3 is 0 Å². The molecule has 1 saturated carbocycles. The average molecular weight is 122 g/mol. The maximum Gasteiger partial charge on any atom is 0.179 e. The van der Waals surface area contributed by atoms with E-state index in [9.17, 15) is 0 Å². The number of hydrogen-bond donors (Lipinski definition) is 0. The van der Waals surface area contributed by atoms with E-state index in [4.69, 9.17) is 5.26 Å². The Hall–Kier alpha value is -0.710. The van der Waals surface area contributed by atoms with Crippen LogP contribution in [-0.4, -0.2) is 17.0 Å². The van der Waals surface area contributed by atoms with Crippen molar-refractivity contribution in [1.29, 1.82) is 5.26 Å². The fourth-order valence-electron chi connectivity index (χ4n) is 1.85. The maximum atomic E-state index is 8.51. The van der Waals surface area contributed by atoms with Crippen LogP contribution in [0.15, 0.2) is 0 Å². The minimum absolute atomic E-state index is 0.656. The van der Waals surface area contributed by atoms with E-state index in [-0.39, 0.29) is 0 Å². The van der Waals surface area contributed by atoms with Gasteiger partial charge in [0.1, 0.15) is 0 Å². The van der Waals surface area contributed by atoms with Gasteiger partial charge in [-0.15, -0.1) is 0 Å². The topological polar surface area (TPSA) is 26.8 Å². The Morgan fingerprint density at radius 3 is 2.22 bits per heavy atom. The van der Waals surface area contributed by atoms with Crippen LogP contribution in [0.2, 0.25) is 0 Å². The molecule has 48 valence electrons. The molecule has 2 heteroatoms. The van der Waals surface area contributed by atoms with Gasteiger partial charge in [0.2, 0.25) is 0 Å². The van der Waals surface area contributed by atoms with Crippen molar-refractivity contribution in [2.45, 2.75) is 37.8 Å². The molecule has 9 heavy (non-hydrogen) atoms. The molecular weight excluding hydrogens is 112 g/mol. The van der Waals surface area contributed by atoms with Crippen LogP contribution >= 0.6 is 0 Å². The zero-order chi connectivity index (χ0) is 6.27. The first-order chi connectivity index (χ1) is 4.43. The third kappa shape index (κ3) is 0.610. The lowest BCUT2D eigenvalue weighted by atomic mass is 10.0. The van der Waals surface area contributed by atoms with Crippen molar-refractivity contribution in [3.8, 4) is 6.19 Å². The Balaban J connectivity index is 2.00. The van der Waals surface area contributed by atoms with Gasteiger partial charge in [-0.1, -0.05) is 12.8 Å². The molecule has 2 atom stereocenters. The molecule has 0 aromatic carbocycles. The molecule has 0 unspecified atom stereocenters. The first kappa shape index (κ1) is 5.10. The van der Waals surface area contributed by atoms with E-state index < -0.39 is 0 Å². The summed E-state index contributed by atoms with van der Waals surface area (Å²) in [6.45, 7) is 0. The molecule has 1 aliphatic carbocycles. The van der Waals surface area contributed by atoms with E-state index in [0.29, 0.717) is 12.1 Å². The van der Waals surface area contributed by atoms with Crippen molar-refractivity contribution in [3.63, 3.8) is 0 Å². The Morgan fingerprint density at radius 1 is 1.22 bits per heavy atom. The zero-order valence-corrected chi connectivity index (χ0v) is 5.38. The number of likely N-dealkylation sites (tertiary alicyclic amines) is 1. The van der Waals surface area contributed by atoms with Crippen LogP contribution in [0.1, 0.15) is 25.7 Å². The van der Waals surface area contributed by atoms with Crippen molar-refractivity contribution >= 4 is 0 Å². The molecule has 1 aliphatic heterocycles. The predicted molar refractivity (Wildman–Crippen MR) is 33.5 cm³/mol. The van der Waals surface area contributed by atoms with E-state index in [1.807, 2.05) is 4.90 Å². The van der Waals surface area contributed by atoms with Gasteiger partial charge in [0.05, 0.1) is 12.1 Å². The van der Waals surface area contributed by atoms with Gasteiger partial charge in [0.25, 0.3) is 0 Å². The normalized spacial score (nSPS) is 39.2. The van der Waals surface area contributed by atoms with Gasteiger partial charge in [-0.2, -0.15) is 5.26 Å². The Morgan fingerprint density at radius 2 is 1.78 bits per heavy atom. The zero-order valence-electron chi connectivity index (χ0n) is 5.38. The van der Waals surface area contributed by atoms with Gasteiger partial charge in [-0.3, -0.25) is 0 Å². The number of nitriles is 1. The molecule has 2 rings (SSSR count). The lowest BCUT2D eigenvalue weighted by Gasteiger charge is -2.01. The van der Waals surface area contributed by atoms with E-state index in [2.05, 4.69) is 6.19 Å².